The van der Waals surface area contributed by atoms with Gasteiger partial charge >= 0.3 is 12.1 Å². The molecule has 220 valence electrons. The molecule has 3 N–H and O–H groups in total. The average Bonchev–Trinajstić information content (AvgIpc) is 3.35. The number of anilines is 2. The number of nitrogens with zero attached hydrogens (tertiary/aromatic N) is 8. The van der Waals surface area contributed by atoms with E-state index >= 15 is 0 Å². The summed E-state index contributed by atoms with van der Waals surface area (Å²) >= 11 is 0. The van der Waals surface area contributed by atoms with Crippen molar-refractivity contribution in [2.24, 2.45) is 12.9 Å². The lowest BCUT2D eigenvalue weighted by atomic mass is 9.77. The van der Waals surface area contributed by atoms with Gasteiger partial charge < -0.3 is 15.5 Å². The first-order valence-electron chi connectivity index (χ1n) is 14.6. The van der Waals surface area contributed by atoms with Gasteiger partial charge in [0.25, 0.3) is 0 Å². The molecule has 0 saturated heterocycles. The maximum absolute atomic E-state index is 13.8. The smallest absolute Gasteiger partial charge is 0.423 e. The van der Waals surface area contributed by atoms with Crippen LogP contribution in [0.25, 0.3) is 22.6 Å². The van der Waals surface area contributed by atoms with Gasteiger partial charge in [-0.05, 0) is 31.6 Å². The molecule has 0 bridgehead atoms. The minimum Gasteiger partial charge on any atom is -0.423 e. The molecule has 4 aromatic heterocycles. The molecular weight excluding hydrogens is 567 g/mol. The maximum atomic E-state index is 13.8. The molecule has 3 aliphatic rings. The number of amides is 1. The van der Waals surface area contributed by atoms with Crippen molar-refractivity contribution < 1.29 is 35.3 Å². The van der Waals surface area contributed by atoms with E-state index in [1.165, 1.54) is 0 Å². The van der Waals surface area contributed by atoms with Gasteiger partial charge in [0.15, 0.2) is 16.9 Å². The highest BCUT2D eigenvalue weighted by atomic mass is 19.4. The number of alkyl halides is 5. The number of fused-ring (bicyclic) bond motifs is 2. The molecule has 4 aromatic rings. The third-order valence-corrected chi connectivity index (χ3v) is 8.11. The summed E-state index contributed by atoms with van der Waals surface area (Å²) in [4.78, 5) is 30.6. The Bertz CT molecular complexity index is 1850. The van der Waals surface area contributed by atoms with Crippen LogP contribution >= 0.6 is 0 Å². The largest absolute Gasteiger partial charge is 0.453 e. The lowest BCUT2D eigenvalue weighted by Gasteiger charge is -2.24. The van der Waals surface area contributed by atoms with Crippen LogP contribution in [0.15, 0.2) is 10.6 Å². The number of rotatable bonds is 7. The molecule has 42 heavy (non-hydrogen) atoms. The SMILES string of the molecule is [2H]C([2H])([2H])n1ncc2c(-c3nc(N)c4c(n3)NC(=O)C4(c3nnc(C4CCC4)o3)C3CC3)nc(CCC(F)(F)C(F)(F)F)nc21. The van der Waals surface area contributed by atoms with Crippen molar-refractivity contribution in [2.45, 2.75) is 68.4 Å². The number of carbonyl (C=O) groups excluding carboxylic acids is 1. The molecule has 2 aliphatic carbocycles. The lowest BCUT2D eigenvalue weighted by Crippen LogP contribution is -2.39. The zero-order valence-corrected chi connectivity index (χ0v) is 21.5. The molecule has 2 saturated carbocycles. The van der Waals surface area contributed by atoms with Crippen LogP contribution in [0.1, 0.15) is 71.7 Å². The molecule has 1 amide bonds. The fraction of sp³-hybridized carbons (Fsp3) is 0.520. The summed E-state index contributed by atoms with van der Waals surface area (Å²) in [5.74, 6) is -6.25. The second kappa shape index (κ2) is 8.84. The van der Waals surface area contributed by atoms with E-state index in [2.05, 4.69) is 40.5 Å². The quantitative estimate of drug-likeness (QED) is 0.301. The van der Waals surface area contributed by atoms with Gasteiger partial charge in [-0.1, -0.05) is 6.42 Å². The van der Waals surface area contributed by atoms with Crippen molar-refractivity contribution in [3.63, 3.8) is 0 Å². The Morgan fingerprint density at radius 3 is 2.60 bits per heavy atom. The van der Waals surface area contributed by atoms with Gasteiger partial charge in [-0.3, -0.25) is 9.48 Å². The van der Waals surface area contributed by atoms with Crippen LogP contribution in [0.5, 0.6) is 0 Å². The van der Waals surface area contributed by atoms with E-state index in [-0.39, 0.29) is 57.5 Å². The summed E-state index contributed by atoms with van der Waals surface area (Å²) in [7, 11) is 0. The zero-order valence-electron chi connectivity index (χ0n) is 24.5. The van der Waals surface area contributed by atoms with Crippen molar-refractivity contribution >= 4 is 28.6 Å². The molecule has 12 nitrogen and oxygen atoms in total. The lowest BCUT2D eigenvalue weighted by molar-refractivity contribution is -0.284. The molecule has 1 unspecified atom stereocenters. The number of aryl methyl sites for hydroxylation is 2. The topological polar surface area (TPSA) is 163 Å². The molecule has 5 heterocycles. The summed E-state index contributed by atoms with van der Waals surface area (Å²) in [6.07, 6.45) is -3.32. The first-order chi connectivity index (χ1) is 21.1. The third kappa shape index (κ3) is 3.84. The summed E-state index contributed by atoms with van der Waals surface area (Å²) in [6.45, 7) is -2.89. The number of nitrogen functional groups attached to an aromatic ring is 1. The number of hydrogen-bond acceptors (Lipinski definition) is 10. The van der Waals surface area contributed by atoms with Crippen LogP contribution < -0.4 is 11.1 Å². The van der Waals surface area contributed by atoms with E-state index in [0.717, 1.165) is 25.5 Å². The standard InChI is InChI=1S/C25H23F5N10O2/c1-40-19-12(9-32-40)15(33-13(34-19)7-8-23(26,27)25(28,29)30)18-35-16(31)14-17(36-18)37-21(41)24(14,11-5-6-11)22-39-38-20(42-22)10-3-2-4-10/h9-11H,2-8H2,1H3,(H3,31,35,36,37,41)/i1D3. The van der Waals surface area contributed by atoms with Crippen LogP contribution in [-0.2, 0) is 23.6 Å². The molecule has 0 radical (unpaired) electrons. The predicted octanol–water partition coefficient (Wildman–Crippen LogP) is 3.83. The summed E-state index contributed by atoms with van der Waals surface area (Å²) in [6, 6.07) is 0. The molecule has 17 heteroatoms. The van der Waals surface area contributed by atoms with E-state index in [0.29, 0.717) is 23.4 Å². The van der Waals surface area contributed by atoms with Crippen LogP contribution in [0.3, 0.4) is 0 Å². The zero-order chi connectivity index (χ0) is 32.1. The average molecular weight is 594 g/mol. The number of aromatic nitrogens is 8. The highest BCUT2D eigenvalue weighted by Gasteiger charge is 2.63. The van der Waals surface area contributed by atoms with Gasteiger partial charge in [-0.15, -0.1) is 10.2 Å². The minimum atomic E-state index is -5.82. The minimum absolute atomic E-state index is 0.0158. The van der Waals surface area contributed by atoms with E-state index < -0.39 is 49.1 Å². The Balaban J connectivity index is 1.35. The van der Waals surface area contributed by atoms with Crippen molar-refractivity contribution in [2.75, 3.05) is 11.1 Å². The van der Waals surface area contributed by atoms with Crippen LogP contribution in [-0.4, -0.2) is 57.9 Å². The summed E-state index contributed by atoms with van der Waals surface area (Å²) < 4.78 is 95.9. The monoisotopic (exact) mass is 593 g/mol. The third-order valence-electron chi connectivity index (χ3n) is 8.11. The Hall–Kier alpha value is -4.31. The predicted molar refractivity (Wildman–Crippen MR) is 134 cm³/mol. The highest BCUT2D eigenvalue weighted by molar-refractivity contribution is 6.09. The van der Waals surface area contributed by atoms with Gasteiger partial charge in [0.2, 0.25) is 17.7 Å². The van der Waals surface area contributed by atoms with Gasteiger partial charge in [0.05, 0.1) is 17.1 Å². The van der Waals surface area contributed by atoms with Gasteiger partial charge in [-0.25, -0.2) is 19.9 Å². The summed E-state index contributed by atoms with van der Waals surface area (Å²) in [5.41, 5.74) is 4.59. The molecule has 7 rings (SSSR count). The Morgan fingerprint density at radius 2 is 1.93 bits per heavy atom. The first kappa shape index (κ1) is 23.3. The number of carbonyl (C=O) groups is 1. The normalized spacial score (nSPS) is 22.4. The fourth-order valence-corrected chi connectivity index (χ4v) is 5.53. The second-order valence-corrected chi connectivity index (χ2v) is 10.8. The first-order valence-corrected chi connectivity index (χ1v) is 13.1. The van der Waals surface area contributed by atoms with E-state index in [1.54, 1.807) is 0 Å². The molecule has 1 aliphatic heterocycles. The Labute approximate surface area is 237 Å². The molecule has 1 atom stereocenters. The van der Waals surface area contributed by atoms with Gasteiger partial charge in [0.1, 0.15) is 23.2 Å². The molecule has 2 fully saturated rings. The van der Waals surface area contributed by atoms with Crippen molar-refractivity contribution in [1.82, 2.24) is 39.9 Å². The number of halogens is 5. The molecule has 0 spiro atoms. The van der Waals surface area contributed by atoms with Crippen molar-refractivity contribution in [1.29, 1.82) is 0 Å². The van der Waals surface area contributed by atoms with Gasteiger partial charge in [0, 0.05) is 29.8 Å². The fourth-order valence-electron chi connectivity index (χ4n) is 5.53. The number of nitrogens with one attached hydrogen (secondary N) is 1. The van der Waals surface area contributed by atoms with E-state index in [4.69, 9.17) is 14.3 Å². The van der Waals surface area contributed by atoms with Crippen molar-refractivity contribution in [3.05, 3.63) is 29.4 Å². The van der Waals surface area contributed by atoms with Crippen LogP contribution in [0.2, 0.25) is 0 Å². The Kier molecular flexibility index (Phi) is 4.90. The summed E-state index contributed by atoms with van der Waals surface area (Å²) in [5, 5.41) is 14.9. The Morgan fingerprint density at radius 1 is 1.14 bits per heavy atom. The number of nitrogens with two attached hydrogens (primary N) is 1. The molecule has 0 aromatic carbocycles. The second-order valence-electron chi connectivity index (χ2n) is 10.8. The van der Waals surface area contributed by atoms with Gasteiger partial charge in [-0.2, -0.15) is 27.1 Å². The van der Waals surface area contributed by atoms with Crippen molar-refractivity contribution in [3.8, 4) is 11.5 Å². The van der Waals surface area contributed by atoms with Crippen LogP contribution in [0.4, 0.5) is 33.6 Å². The van der Waals surface area contributed by atoms with E-state index in [9.17, 15) is 26.7 Å². The number of hydrogen-bond donors (Lipinski definition) is 2. The highest BCUT2D eigenvalue weighted by Crippen LogP contribution is 2.57. The molecular formula is C25H23F5N10O2. The maximum Gasteiger partial charge on any atom is 0.453 e. The van der Waals surface area contributed by atoms with Crippen LogP contribution in [0, 0.1) is 5.92 Å². The van der Waals surface area contributed by atoms with E-state index in [1.807, 2.05) is 0 Å².